The average Bonchev–Trinajstić information content (AvgIpc) is 2.34. The number of benzene rings is 1. The van der Waals surface area contributed by atoms with E-state index in [0.717, 1.165) is 0 Å². The third-order valence-corrected chi connectivity index (χ3v) is 3.55. The Morgan fingerprint density at radius 2 is 1.67 bits per heavy atom. The van der Waals surface area contributed by atoms with Gasteiger partial charge in [-0.3, -0.25) is 4.79 Å². The molecule has 0 aromatic heterocycles. The first kappa shape index (κ1) is 14.6. The van der Waals surface area contributed by atoms with E-state index < -0.39 is 15.0 Å². The highest BCUT2D eigenvalue weighted by Crippen LogP contribution is 2.36. The molecule has 8 heteroatoms. The predicted molar refractivity (Wildman–Crippen MR) is 66.0 cm³/mol. The first-order chi connectivity index (χ1) is 8.35. The van der Waals surface area contributed by atoms with E-state index in [0.29, 0.717) is 0 Å². The predicted octanol–water partition coefficient (Wildman–Crippen LogP) is 0.991. The van der Waals surface area contributed by atoms with Crippen LogP contribution in [0.25, 0.3) is 0 Å². The van der Waals surface area contributed by atoms with Gasteiger partial charge in [0.15, 0.2) is 4.90 Å². The summed E-state index contributed by atoms with van der Waals surface area (Å²) in [5.74, 6) is -0.504. The van der Waals surface area contributed by atoms with Crippen molar-refractivity contribution in [2.24, 2.45) is 0 Å². The lowest BCUT2D eigenvalue weighted by Gasteiger charge is -2.12. The van der Waals surface area contributed by atoms with Crippen molar-refractivity contribution >= 4 is 25.6 Å². The van der Waals surface area contributed by atoms with Gasteiger partial charge < -0.3 is 14.8 Å². The van der Waals surface area contributed by atoms with E-state index in [9.17, 15) is 13.2 Å². The summed E-state index contributed by atoms with van der Waals surface area (Å²) in [6.45, 7) is 0. The molecule has 1 rings (SSSR count). The molecule has 1 aromatic carbocycles. The Labute approximate surface area is 109 Å². The molecule has 18 heavy (non-hydrogen) atoms. The maximum absolute atomic E-state index is 11.5. The monoisotopic (exact) mass is 293 g/mol. The molecule has 0 saturated carbocycles. The van der Waals surface area contributed by atoms with Crippen LogP contribution in [0.3, 0.4) is 0 Å². The molecule has 0 aliphatic carbocycles. The molecule has 1 aromatic rings. The highest BCUT2D eigenvalue weighted by atomic mass is 35.7. The van der Waals surface area contributed by atoms with Crippen LogP contribution >= 0.6 is 10.7 Å². The lowest BCUT2D eigenvalue weighted by molar-refractivity contribution is 0.0962. The van der Waals surface area contributed by atoms with E-state index in [1.54, 1.807) is 0 Å². The Balaban J connectivity index is 3.59. The third-order valence-electron chi connectivity index (χ3n) is 2.19. The third kappa shape index (κ3) is 2.85. The fourth-order valence-electron chi connectivity index (χ4n) is 1.40. The number of halogens is 1. The first-order valence-electron chi connectivity index (χ1n) is 4.78. The van der Waals surface area contributed by atoms with E-state index in [1.807, 2.05) is 0 Å². The maximum atomic E-state index is 11.5. The molecule has 0 bridgehead atoms. The van der Waals surface area contributed by atoms with Crippen LogP contribution in [0.4, 0.5) is 0 Å². The molecule has 0 atom stereocenters. The van der Waals surface area contributed by atoms with Crippen LogP contribution in [0, 0.1) is 0 Å². The molecule has 6 nitrogen and oxygen atoms in total. The number of carbonyl (C=O) groups excluding carboxylic acids is 1. The lowest BCUT2D eigenvalue weighted by atomic mass is 10.2. The van der Waals surface area contributed by atoms with E-state index in [-0.39, 0.29) is 22.0 Å². The van der Waals surface area contributed by atoms with Crippen molar-refractivity contribution in [3.8, 4) is 11.5 Å². The van der Waals surface area contributed by atoms with Gasteiger partial charge in [-0.05, 0) is 12.1 Å². The Morgan fingerprint density at radius 1 is 1.22 bits per heavy atom. The molecule has 0 saturated heterocycles. The van der Waals surface area contributed by atoms with Crippen LogP contribution in [-0.4, -0.2) is 35.6 Å². The summed E-state index contributed by atoms with van der Waals surface area (Å²) in [6, 6.07) is 2.55. The number of nitrogens with one attached hydrogen (secondary N) is 1. The molecule has 0 spiro atoms. The van der Waals surface area contributed by atoms with Crippen LogP contribution in [0.2, 0.25) is 0 Å². The van der Waals surface area contributed by atoms with Crippen LogP contribution < -0.4 is 14.8 Å². The number of hydrogen-bond acceptors (Lipinski definition) is 5. The topological polar surface area (TPSA) is 81.7 Å². The second-order valence-corrected chi connectivity index (χ2v) is 5.73. The van der Waals surface area contributed by atoms with Gasteiger partial charge in [-0.2, -0.15) is 0 Å². The van der Waals surface area contributed by atoms with Crippen molar-refractivity contribution in [3.63, 3.8) is 0 Å². The summed E-state index contributed by atoms with van der Waals surface area (Å²) in [7, 11) is 5.25. The zero-order valence-corrected chi connectivity index (χ0v) is 11.6. The zero-order valence-electron chi connectivity index (χ0n) is 9.98. The summed E-state index contributed by atoms with van der Waals surface area (Å²) < 4.78 is 32.7. The molecule has 1 N–H and O–H groups in total. The smallest absolute Gasteiger partial charge is 0.268 e. The molecule has 0 aliphatic heterocycles. The standard InChI is InChI=1S/C10H12ClNO5S/c1-12-10(13)6-4-7(16-2)9(18(11,14)15)8(5-6)17-3/h4-5H,1-3H3,(H,12,13). The molecule has 1 amide bonds. The van der Waals surface area contributed by atoms with Gasteiger partial charge in [0.2, 0.25) is 0 Å². The van der Waals surface area contributed by atoms with Gasteiger partial charge in [0.25, 0.3) is 15.0 Å². The second kappa shape index (κ2) is 5.45. The quantitative estimate of drug-likeness (QED) is 0.837. The van der Waals surface area contributed by atoms with Gasteiger partial charge in [0, 0.05) is 23.3 Å². The summed E-state index contributed by atoms with van der Waals surface area (Å²) in [6.07, 6.45) is 0. The first-order valence-corrected chi connectivity index (χ1v) is 7.08. The molecule has 0 aliphatic rings. The fourth-order valence-corrected chi connectivity index (χ4v) is 2.62. The minimum Gasteiger partial charge on any atom is -0.495 e. The van der Waals surface area contributed by atoms with Crippen molar-refractivity contribution in [1.82, 2.24) is 5.32 Å². The molecule has 0 heterocycles. The number of methoxy groups -OCH3 is 2. The number of rotatable bonds is 4. The zero-order chi connectivity index (χ0) is 13.9. The highest BCUT2D eigenvalue weighted by molar-refractivity contribution is 8.13. The van der Waals surface area contributed by atoms with Crippen molar-refractivity contribution < 1.29 is 22.7 Å². The molecule has 0 unspecified atom stereocenters. The van der Waals surface area contributed by atoms with E-state index in [1.165, 1.54) is 33.4 Å². The van der Waals surface area contributed by atoms with E-state index in [2.05, 4.69) is 5.32 Å². The van der Waals surface area contributed by atoms with Crippen molar-refractivity contribution in [2.75, 3.05) is 21.3 Å². The maximum Gasteiger partial charge on any atom is 0.268 e. The lowest BCUT2D eigenvalue weighted by Crippen LogP contribution is -2.18. The average molecular weight is 294 g/mol. The van der Waals surface area contributed by atoms with Gasteiger partial charge in [-0.15, -0.1) is 0 Å². The largest absolute Gasteiger partial charge is 0.495 e. The molecule has 0 fully saturated rings. The fraction of sp³-hybridized carbons (Fsp3) is 0.300. The molecular formula is C10H12ClNO5S. The Morgan fingerprint density at radius 3 is 1.94 bits per heavy atom. The normalized spacial score (nSPS) is 10.9. The van der Waals surface area contributed by atoms with Gasteiger partial charge in [0.05, 0.1) is 14.2 Å². The summed E-state index contributed by atoms with van der Waals surface area (Å²) in [4.78, 5) is 11.2. The van der Waals surface area contributed by atoms with Crippen LogP contribution in [0.5, 0.6) is 11.5 Å². The number of amides is 1. The molecule has 0 radical (unpaired) electrons. The van der Waals surface area contributed by atoms with E-state index in [4.69, 9.17) is 20.2 Å². The molecule has 100 valence electrons. The second-order valence-electron chi connectivity index (χ2n) is 3.23. The Bertz CT molecular complexity index is 545. The minimum atomic E-state index is -4.05. The number of ether oxygens (including phenoxy) is 2. The van der Waals surface area contributed by atoms with Gasteiger partial charge in [-0.25, -0.2) is 8.42 Å². The summed E-state index contributed by atoms with van der Waals surface area (Å²) in [5.41, 5.74) is 0.204. The summed E-state index contributed by atoms with van der Waals surface area (Å²) >= 11 is 0. The van der Waals surface area contributed by atoms with Crippen LogP contribution in [-0.2, 0) is 9.05 Å². The summed E-state index contributed by atoms with van der Waals surface area (Å²) in [5, 5.41) is 2.41. The van der Waals surface area contributed by atoms with Crippen molar-refractivity contribution in [2.45, 2.75) is 4.90 Å². The van der Waals surface area contributed by atoms with E-state index >= 15 is 0 Å². The highest BCUT2D eigenvalue weighted by Gasteiger charge is 2.25. The Kier molecular flexibility index (Phi) is 4.42. The number of carbonyl (C=O) groups is 1. The Hall–Kier alpha value is -1.47. The van der Waals surface area contributed by atoms with Gasteiger partial charge in [-0.1, -0.05) is 0 Å². The van der Waals surface area contributed by atoms with Crippen LogP contribution in [0.1, 0.15) is 10.4 Å². The van der Waals surface area contributed by atoms with Crippen molar-refractivity contribution in [3.05, 3.63) is 17.7 Å². The number of hydrogen-bond donors (Lipinski definition) is 1. The minimum absolute atomic E-state index is 0.0528. The van der Waals surface area contributed by atoms with Gasteiger partial charge in [0.1, 0.15) is 11.5 Å². The SMILES string of the molecule is CNC(=O)c1cc(OC)c(S(=O)(=O)Cl)c(OC)c1. The molecular weight excluding hydrogens is 282 g/mol. The van der Waals surface area contributed by atoms with Crippen LogP contribution in [0.15, 0.2) is 17.0 Å². The van der Waals surface area contributed by atoms with Gasteiger partial charge >= 0.3 is 0 Å². The van der Waals surface area contributed by atoms with Crippen molar-refractivity contribution in [1.29, 1.82) is 0 Å².